The number of halogens is 1. The van der Waals surface area contributed by atoms with Crippen LogP contribution in [0.15, 0.2) is 42.5 Å². The van der Waals surface area contributed by atoms with E-state index in [1.807, 2.05) is 30.3 Å². The molecular formula is C12H9ClN4. The van der Waals surface area contributed by atoms with Gasteiger partial charge in [0.15, 0.2) is 5.82 Å². The minimum absolute atomic E-state index is 0.291. The standard InChI is InChI=1S/C12H9ClN4/c13-8-12-14-15-16-17(12)11-6-5-9-3-1-2-4-10(9)7-11/h1-7H,8H2. The number of benzene rings is 2. The normalized spacial score (nSPS) is 10.9. The Balaban J connectivity index is 2.18. The predicted molar refractivity (Wildman–Crippen MR) is 66.2 cm³/mol. The number of nitrogens with zero attached hydrogens (tertiary/aromatic N) is 4. The largest absolute Gasteiger partial charge is 0.196 e. The summed E-state index contributed by atoms with van der Waals surface area (Å²) >= 11 is 5.78. The molecule has 0 N–H and O–H groups in total. The van der Waals surface area contributed by atoms with E-state index in [0.29, 0.717) is 11.7 Å². The fourth-order valence-electron chi connectivity index (χ4n) is 1.80. The molecule has 3 rings (SSSR count). The molecule has 0 aliphatic heterocycles. The maximum atomic E-state index is 5.78. The molecule has 0 fully saturated rings. The number of rotatable bonds is 2. The van der Waals surface area contributed by atoms with Crippen LogP contribution in [0, 0.1) is 0 Å². The molecule has 4 nitrogen and oxygen atoms in total. The molecule has 17 heavy (non-hydrogen) atoms. The second-order valence-electron chi connectivity index (χ2n) is 3.67. The maximum Gasteiger partial charge on any atom is 0.171 e. The number of aromatic nitrogens is 4. The number of tetrazole rings is 1. The Hall–Kier alpha value is -1.94. The maximum absolute atomic E-state index is 5.78. The van der Waals surface area contributed by atoms with Crippen LogP contribution in [-0.2, 0) is 5.88 Å². The third-order valence-electron chi connectivity index (χ3n) is 2.63. The predicted octanol–water partition coefficient (Wildman–Crippen LogP) is 2.55. The number of hydrogen-bond donors (Lipinski definition) is 0. The molecule has 0 saturated carbocycles. The summed E-state index contributed by atoms with van der Waals surface area (Å²) in [6.45, 7) is 0. The van der Waals surface area contributed by atoms with E-state index in [4.69, 9.17) is 11.6 Å². The summed E-state index contributed by atoms with van der Waals surface area (Å²) in [5.41, 5.74) is 0.921. The molecule has 0 atom stereocenters. The molecule has 0 amide bonds. The van der Waals surface area contributed by atoms with E-state index in [2.05, 4.69) is 27.7 Å². The van der Waals surface area contributed by atoms with Crippen LogP contribution in [0.2, 0.25) is 0 Å². The average molecular weight is 245 g/mol. The first-order valence-corrected chi connectivity index (χ1v) is 5.74. The van der Waals surface area contributed by atoms with Gasteiger partial charge in [-0.05, 0) is 33.3 Å². The Kier molecular flexibility index (Phi) is 2.49. The molecule has 0 aliphatic carbocycles. The molecule has 0 radical (unpaired) electrons. The highest BCUT2D eigenvalue weighted by Crippen LogP contribution is 2.18. The Bertz CT molecular complexity index is 662. The fraction of sp³-hybridized carbons (Fsp3) is 0.0833. The highest BCUT2D eigenvalue weighted by Gasteiger charge is 2.06. The molecule has 0 saturated heterocycles. The van der Waals surface area contributed by atoms with Gasteiger partial charge in [-0.25, -0.2) is 0 Å². The summed E-state index contributed by atoms with van der Waals surface area (Å²) in [5, 5.41) is 13.8. The molecule has 5 heteroatoms. The third-order valence-corrected chi connectivity index (χ3v) is 2.87. The third kappa shape index (κ3) is 1.76. The molecule has 1 heterocycles. The molecular weight excluding hydrogens is 236 g/mol. The highest BCUT2D eigenvalue weighted by atomic mass is 35.5. The van der Waals surface area contributed by atoms with Gasteiger partial charge in [-0.2, -0.15) is 4.68 Å². The smallest absolute Gasteiger partial charge is 0.171 e. The van der Waals surface area contributed by atoms with Crippen LogP contribution in [-0.4, -0.2) is 20.2 Å². The Morgan fingerprint density at radius 2 is 1.88 bits per heavy atom. The second kappa shape index (κ2) is 4.14. The Labute approximate surface area is 103 Å². The van der Waals surface area contributed by atoms with Gasteiger partial charge in [0.1, 0.15) is 0 Å². The lowest BCUT2D eigenvalue weighted by Crippen LogP contribution is -2.01. The molecule has 84 valence electrons. The minimum atomic E-state index is 0.291. The molecule has 0 unspecified atom stereocenters. The van der Waals surface area contributed by atoms with Crippen LogP contribution in [0.5, 0.6) is 0 Å². The zero-order chi connectivity index (χ0) is 11.7. The summed E-state index contributed by atoms with van der Waals surface area (Å²) in [5.74, 6) is 0.932. The first-order valence-electron chi connectivity index (χ1n) is 5.21. The van der Waals surface area contributed by atoms with Gasteiger partial charge < -0.3 is 0 Å². The van der Waals surface area contributed by atoms with Gasteiger partial charge in [0.05, 0.1) is 11.6 Å². The van der Waals surface area contributed by atoms with E-state index in [1.54, 1.807) is 4.68 Å². The second-order valence-corrected chi connectivity index (χ2v) is 3.94. The lowest BCUT2D eigenvalue weighted by molar-refractivity contribution is 0.778. The van der Waals surface area contributed by atoms with Gasteiger partial charge in [0.25, 0.3) is 0 Å². The lowest BCUT2D eigenvalue weighted by atomic mass is 10.1. The van der Waals surface area contributed by atoms with E-state index in [0.717, 1.165) is 11.1 Å². The van der Waals surface area contributed by atoms with Crippen molar-refractivity contribution in [1.82, 2.24) is 20.2 Å². The summed E-state index contributed by atoms with van der Waals surface area (Å²) in [6.07, 6.45) is 0. The number of alkyl halides is 1. The van der Waals surface area contributed by atoms with Crippen molar-refractivity contribution >= 4 is 22.4 Å². The quantitative estimate of drug-likeness (QED) is 0.651. The Morgan fingerprint density at radius 1 is 1.06 bits per heavy atom. The summed E-state index contributed by atoms with van der Waals surface area (Å²) in [6, 6.07) is 14.2. The van der Waals surface area contributed by atoms with Gasteiger partial charge in [-0.3, -0.25) is 0 Å². The van der Waals surface area contributed by atoms with Crippen LogP contribution in [0.25, 0.3) is 16.5 Å². The molecule has 1 aromatic heterocycles. The van der Waals surface area contributed by atoms with Crippen molar-refractivity contribution in [3.8, 4) is 5.69 Å². The fourth-order valence-corrected chi connectivity index (χ4v) is 1.96. The van der Waals surface area contributed by atoms with Crippen LogP contribution in [0.1, 0.15) is 5.82 Å². The molecule has 3 aromatic rings. The summed E-state index contributed by atoms with van der Waals surface area (Å²) in [4.78, 5) is 0. The van der Waals surface area contributed by atoms with Crippen molar-refractivity contribution in [3.05, 3.63) is 48.3 Å². The molecule has 0 aliphatic rings. The van der Waals surface area contributed by atoms with E-state index >= 15 is 0 Å². The van der Waals surface area contributed by atoms with E-state index < -0.39 is 0 Å². The van der Waals surface area contributed by atoms with Gasteiger partial charge >= 0.3 is 0 Å². The lowest BCUT2D eigenvalue weighted by Gasteiger charge is -2.04. The van der Waals surface area contributed by atoms with Gasteiger partial charge in [-0.1, -0.05) is 30.3 Å². The van der Waals surface area contributed by atoms with Crippen LogP contribution >= 0.6 is 11.6 Å². The van der Waals surface area contributed by atoms with Gasteiger partial charge in [0.2, 0.25) is 0 Å². The van der Waals surface area contributed by atoms with Crippen LogP contribution in [0.3, 0.4) is 0 Å². The first-order chi connectivity index (χ1) is 8.38. The van der Waals surface area contributed by atoms with Crippen molar-refractivity contribution in [2.45, 2.75) is 5.88 Å². The minimum Gasteiger partial charge on any atom is -0.196 e. The van der Waals surface area contributed by atoms with Gasteiger partial charge in [0, 0.05) is 0 Å². The van der Waals surface area contributed by atoms with Crippen molar-refractivity contribution < 1.29 is 0 Å². The molecule has 0 bridgehead atoms. The van der Waals surface area contributed by atoms with Crippen molar-refractivity contribution in [3.63, 3.8) is 0 Å². The topological polar surface area (TPSA) is 43.6 Å². The van der Waals surface area contributed by atoms with E-state index in [9.17, 15) is 0 Å². The molecule has 0 spiro atoms. The van der Waals surface area contributed by atoms with E-state index in [1.165, 1.54) is 5.39 Å². The van der Waals surface area contributed by atoms with Crippen molar-refractivity contribution in [1.29, 1.82) is 0 Å². The van der Waals surface area contributed by atoms with E-state index in [-0.39, 0.29) is 0 Å². The summed E-state index contributed by atoms with van der Waals surface area (Å²) < 4.78 is 1.65. The van der Waals surface area contributed by atoms with Crippen molar-refractivity contribution in [2.24, 2.45) is 0 Å². The zero-order valence-corrected chi connectivity index (χ0v) is 9.67. The number of hydrogen-bond acceptors (Lipinski definition) is 3. The summed E-state index contributed by atoms with van der Waals surface area (Å²) in [7, 11) is 0. The van der Waals surface area contributed by atoms with Crippen LogP contribution in [0.4, 0.5) is 0 Å². The Morgan fingerprint density at radius 3 is 2.71 bits per heavy atom. The molecule has 2 aromatic carbocycles. The monoisotopic (exact) mass is 244 g/mol. The average Bonchev–Trinajstić information content (AvgIpc) is 2.86. The van der Waals surface area contributed by atoms with Crippen molar-refractivity contribution in [2.75, 3.05) is 0 Å². The zero-order valence-electron chi connectivity index (χ0n) is 8.92. The SMILES string of the molecule is ClCc1nnnn1-c1ccc2ccccc2c1. The highest BCUT2D eigenvalue weighted by molar-refractivity contribution is 6.16. The van der Waals surface area contributed by atoms with Gasteiger partial charge in [-0.15, -0.1) is 16.7 Å². The number of fused-ring (bicyclic) bond motifs is 1. The van der Waals surface area contributed by atoms with Crippen LogP contribution < -0.4 is 0 Å². The first kappa shape index (κ1) is 10.2.